The number of hydrogen-bond acceptors (Lipinski definition) is 2. The van der Waals surface area contributed by atoms with Gasteiger partial charge in [-0.15, -0.1) is 0 Å². The molecule has 0 spiro atoms. The van der Waals surface area contributed by atoms with Gasteiger partial charge in [-0.25, -0.2) is 0 Å². The number of amides is 1. The minimum Gasteiger partial charge on any atom is -0.304 e. The fraction of sp³-hybridized carbons (Fsp3) is 0.0588. The van der Waals surface area contributed by atoms with E-state index in [2.05, 4.69) is 10.4 Å². The first-order chi connectivity index (χ1) is 11.5. The van der Waals surface area contributed by atoms with Crippen LogP contribution in [-0.2, 0) is 6.54 Å². The lowest BCUT2D eigenvalue weighted by molar-refractivity contribution is 0.102. The molecule has 0 atom stereocenters. The van der Waals surface area contributed by atoms with E-state index in [4.69, 9.17) is 34.8 Å². The summed E-state index contributed by atoms with van der Waals surface area (Å²) in [5.74, 6) is -0.0980. The second-order valence-corrected chi connectivity index (χ2v) is 6.27. The summed E-state index contributed by atoms with van der Waals surface area (Å²) in [6.07, 6.45) is 1.63. The average Bonchev–Trinajstić information content (AvgIpc) is 2.89. The number of nitrogens with zero attached hydrogens (tertiary/aromatic N) is 2. The highest BCUT2D eigenvalue weighted by Crippen LogP contribution is 2.23. The lowest BCUT2D eigenvalue weighted by Crippen LogP contribution is -2.13. The standard InChI is InChI=1S/C17H12Cl3N3O/c18-13-7-3-1-5-11(13)9-23-10-15(20)16(22-23)21-17(24)12-6-2-4-8-14(12)19/h1-8,10H,9H2,(H,21,22,24). The summed E-state index contributed by atoms with van der Waals surface area (Å²) in [7, 11) is 0. The molecule has 1 amide bonds. The minimum absolute atomic E-state index is 0.272. The molecule has 1 heterocycles. The van der Waals surface area contributed by atoms with Crippen molar-refractivity contribution < 1.29 is 4.79 Å². The van der Waals surface area contributed by atoms with Gasteiger partial charge in [0, 0.05) is 11.2 Å². The molecule has 0 aliphatic heterocycles. The van der Waals surface area contributed by atoms with Crippen LogP contribution in [0.4, 0.5) is 5.82 Å². The molecule has 0 bridgehead atoms. The van der Waals surface area contributed by atoms with Crippen LogP contribution in [0.2, 0.25) is 15.1 Å². The highest BCUT2D eigenvalue weighted by atomic mass is 35.5. The molecule has 0 unspecified atom stereocenters. The van der Waals surface area contributed by atoms with E-state index in [1.54, 1.807) is 35.1 Å². The zero-order valence-electron chi connectivity index (χ0n) is 12.3. The van der Waals surface area contributed by atoms with E-state index in [9.17, 15) is 4.79 Å². The van der Waals surface area contributed by atoms with Gasteiger partial charge in [0.15, 0.2) is 5.82 Å². The molecular weight excluding hydrogens is 369 g/mol. The molecule has 0 aliphatic rings. The number of hydrogen-bond donors (Lipinski definition) is 1. The molecule has 0 fully saturated rings. The molecule has 2 aromatic carbocycles. The predicted molar refractivity (Wildman–Crippen MR) is 97.2 cm³/mol. The van der Waals surface area contributed by atoms with Crippen molar-refractivity contribution in [2.45, 2.75) is 6.54 Å². The van der Waals surface area contributed by atoms with Crippen LogP contribution < -0.4 is 5.32 Å². The van der Waals surface area contributed by atoms with Crippen molar-refractivity contribution in [3.63, 3.8) is 0 Å². The fourth-order valence-corrected chi connectivity index (χ4v) is 2.80. The largest absolute Gasteiger partial charge is 0.304 e. The summed E-state index contributed by atoms with van der Waals surface area (Å²) >= 11 is 18.3. The zero-order valence-corrected chi connectivity index (χ0v) is 14.6. The van der Waals surface area contributed by atoms with Gasteiger partial charge in [-0.2, -0.15) is 5.10 Å². The van der Waals surface area contributed by atoms with E-state index < -0.39 is 0 Å². The van der Waals surface area contributed by atoms with Gasteiger partial charge in [0.25, 0.3) is 5.91 Å². The Labute approximate surface area is 154 Å². The molecule has 0 aliphatic carbocycles. The van der Waals surface area contributed by atoms with E-state index in [-0.39, 0.29) is 11.7 Å². The van der Waals surface area contributed by atoms with Gasteiger partial charge < -0.3 is 5.32 Å². The summed E-state index contributed by atoms with van der Waals surface area (Å²) in [4.78, 5) is 12.3. The Morgan fingerprint density at radius 2 is 1.62 bits per heavy atom. The molecule has 0 radical (unpaired) electrons. The normalized spacial score (nSPS) is 10.6. The average molecular weight is 381 g/mol. The molecule has 122 valence electrons. The van der Waals surface area contributed by atoms with Crippen LogP contribution in [0.3, 0.4) is 0 Å². The lowest BCUT2D eigenvalue weighted by atomic mass is 10.2. The second-order valence-electron chi connectivity index (χ2n) is 5.05. The Morgan fingerprint density at radius 3 is 2.33 bits per heavy atom. The van der Waals surface area contributed by atoms with Crippen molar-refractivity contribution in [3.8, 4) is 0 Å². The molecule has 3 aromatic rings. The van der Waals surface area contributed by atoms with Gasteiger partial charge in [0.1, 0.15) is 5.02 Å². The van der Waals surface area contributed by atoms with Crippen molar-refractivity contribution in [2.24, 2.45) is 0 Å². The van der Waals surface area contributed by atoms with Crippen LogP contribution in [0.15, 0.2) is 54.7 Å². The highest BCUT2D eigenvalue weighted by molar-refractivity contribution is 6.35. The molecule has 1 N–H and O–H groups in total. The molecule has 1 aromatic heterocycles. The molecule has 7 heteroatoms. The molecule has 0 saturated heterocycles. The van der Waals surface area contributed by atoms with E-state index in [0.29, 0.717) is 27.2 Å². The third-order valence-electron chi connectivity index (χ3n) is 3.36. The summed E-state index contributed by atoms with van der Waals surface area (Å²) in [6.45, 7) is 0.446. The van der Waals surface area contributed by atoms with Crippen LogP contribution >= 0.6 is 34.8 Å². The van der Waals surface area contributed by atoms with Crippen molar-refractivity contribution in [1.29, 1.82) is 0 Å². The smallest absolute Gasteiger partial charge is 0.258 e. The maximum absolute atomic E-state index is 12.3. The van der Waals surface area contributed by atoms with E-state index >= 15 is 0 Å². The Bertz CT molecular complexity index is 892. The number of halogens is 3. The monoisotopic (exact) mass is 379 g/mol. The van der Waals surface area contributed by atoms with Crippen LogP contribution in [0.1, 0.15) is 15.9 Å². The fourth-order valence-electron chi connectivity index (χ4n) is 2.18. The number of carbonyl (C=O) groups is 1. The Balaban J connectivity index is 1.78. The summed E-state index contributed by atoms with van der Waals surface area (Å²) in [6, 6.07) is 14.2. The number of aromatic nitrogens is 2. The van der Waals surface area contributed by atoms with Crippen molar-refractivity contribution in [2.75, 3.05) is 5.32 Å². The molecule has 0 saturated carbocycles. The van der Waals surface area contributed by atoms with Crippen LogP contribution in [0.5, 0.6) is 0 Å². The maximum atomic E-state index is 12.3. The number of anilines is 1. The van der Waals surface area contributed by atoms with Crippen LogP contribution in [-0.4, -0.2) is 15.7 Å². The third-order valence-corrected chi connectivity index (χ3v) is 4.33. The van der Waals surface area contributed by atoms with E-state index in [1.807, 2.05) is 24.3 Å². The molecule has 3 rings (SSSR count). The predicted octanol–water partition coefficient (Wildman–Crippen LogP) is 5.14. The Kier molecular flexibility index (Phi) is 5.09. The van der Waals surface area contributed by atoms with Gasteiger partial charge in [-0.1, -0.05) is 65.1 Å². The number of carbonyl (C=O) groups excluding carboxylic acids is 1. The van der Waals surface area contributed by atoms with Crippen LogP contribution in [0, 0.1) is 0 Å². The number of nitrogens with one attached hydrogen (secondary N) is 1. The van der Waals surface area contributed by atoms with Crippen molar-refractivity contribution in [1.82, 2.24) is 9.78 Å². The van der Waals surface area contributed by atoms with Crippen LogP contribution in [0.25, 0.3) is 0 Å². The number of rotatable bonds is 4. The van der Waals surface area contributed by atoms with Crippen molar-refractivity contribution >= 4 is 46.5 Å². The Hall–Kier alpha value is -2.01. The van der Waals surface area contributed by atoms with E-state index in [0.717, 1.165) is 5.56 Å². The second kappa shape index (κ2) is 7.26. The zero-order chi connectivity index (χ0) is 17.1. The summed E-state index contributed by atoms with van der Waals surface area (Å²) in [5.41, 5.74) is 1.26. The number of benzene rings is 2. The van der Waals surface area contributed by atoms with Gasteiger partial charge in [-0.05, 0) is 23.8 Å². The summed E-state index contributed by atoms with van der Waals surface area (Å²) in [5, 5.41) is 8.30. The topological polar surface area (TPSA) is 46.9 Å². The Morgan fingerprint density at radius 1 is 0.958 bits per heavy atom. The first kappa shape index (κ1) is 16.8. The van der Waals surface area contributed by atoms with Gasteiger partial charge in [0.05, 0.1) is 17.1 Å². The van der Waals surface area contributed by atoms with Gasteiger partial charge in [0.2, 0.25) is 0 Å². The van der Waals surface area contributed by atoms with Gasteiger partial charge in [-0.3, -0.25) is 9.48 Å². The SMILES string of the molecule is O=C(Nc1nn(Cc2ccccc2Cl)cc1Cl)c1ccccc1Cl. The van der Waals surface area contributed by atoms with Gasteiger partial charge >= 0.3 is 0 Å². The highest BCUT2D eigenvalue weighted by Gasteiger charge is 2.15. The summed E-state index contributed by atoms with van der Waals surface area (Å²) < 4.78 is 1.62. The molecular formula is C17H12Cl3N3O. The third kappa shape index (κ3) is 3.73. The molecule has 4 nitrogen and oxygen atoms in total. The minimum atomic E-state index is -0.370. The first-order valence-electron chi connectivity index (χ1n) is 7.07. The quantitative estimate of drug-likeness (QED) is 0.681. The maximum Gasteiger partial charge on any atom is 0.258 e. The lowest BCUT2D eigenvalue weighted by Gasteiger charge is -2.05. The molecule has 24 heavy (non-hydrogen) atoms. The van der Waals surface area contributed by atoms with Crippen molar-refractivity contribution in [3.05, 3.63) is 80.9 Å². The first-order valence-corrected chi connectivity index (χ1v) is 8.20. The van der Waals surface area contributed by atoms with E-state index in [1.165, 1.54) is 0 Å².